The lowest BCUT2D eigenvalue weighted by Crippen LogP contribution is -2.26. The number of furan rings is 1. The summed E-state index contributed by atoms with van der Waals surface area (Å²) in [6.45, 7) is 2.99. The average Bonchev–Trinajstić information content (AvgIpc) is 3.13. The van der Waals surface area contributed by atoms with Crippen LogP contribution in [0.1, 0.15) is 18.9 Å². The Kier molecular flexibility index (Phi) is 5.67. The molecule has 0 spiro atoms. The fourth-order valence-corrected chi connectivity index (χ4v) is 4.01. The van der Waals surface area contributed by atoms with E-state index in [2.05, 4.69) is 10.3 Å². The number of para-hydroxylation sites is 1. The van der Waals surface area contributed by atoms with Gasteiger partial charge >= 0.3 is 0 Å². The maximum atomic E-state index is 13.0. The van der Waals surface area contributed by atoms with Crippen molar-refractivity contribution in [1.29, 1.82) is 0 Å². The van der Waals surface area contributed by atoms with E-state index in [0.717, 1.165) is 17.4 Å². The lowest BCUT2D eigenvalue weighted by atomic mass is 10.2. The summed E-state index contributed by atoms with van der Waals surface area (Å²) in [6, 6.07) is 17.2. The van der Waals surface area contributed by atoms with E-state index in [4.69, 9.17) is 4.42 Å². The van der Waals surface area contributed by atoms with Crippen molar-refractivity contribution >= 4 is 39.7 Å². The number of amides is 1. The summed E-state index contributed by atoms with van der Waals surface area (Å²) in [4.78, 5) is 30.0. The molecule has 2 aromatic carbocycles. The third-order valence-corrected chi connectivity index (χ3v) is 5.54. The van der Waals surface area contributed by atoms with Gasteiger partial charge in [0, 0.05) is 18.5 Å². The molecule has 0 aliphatic rings. The number of nitrogens with zero attached hydrogens (tertiary/aromatic N) is 2. The van der Waals surface area contributed by atoms with Crippen molar-refractivity contribution in [3.8, 4) is 0 Å². The van der Waals surface area contributed by atoms with E-state index < -0.39 is 0 Å². The van der Waals surface area contributed by atoms with Gasteiger partial charge in [-0.15, -0.1) is 0 Å². The molecule has 2 aromatic heterocycles. The minimum atomic E-state index is -0.208. The first-order valence-corrected chi connectivity index (χ1v) is 10.5. The second-order valence-electron chi connectivity index (χ2n) is 6.68. The number of hydrogen-bond donors (Lipinski definition) is 1. The fraction of sp³-hybridized carbons (Fsp3) is 0.227. The summed E-state index contributed by atoms with van der Waals surface area (Å²) >= 11 is 1.27. The Morgan fingerprint density at radius 2 is 1.90 bits per heavy atom. The number of aromatic nitrogens is 2. The topological polar surface area (TPSA) is 77.1 Å². The van der Waals surface area contributed by atoms with Crippen molar-refractivity contribution in [2.24, 2.45) is 0 Å². The summed E-state index contributed by atoms with van der Waals surface area (Å²) in [5, 5.41) is 4.24. The van der Waals surface area contributed by atoms with E-state index in [1.807, 2.05) is 61.5 Å². The third-order valence-electron chi connectivity index (χ3n) is 4.56. The number of carbonyl (C=O) groups excluding carboxylic acids is 1. The van der Waals surface area contributed by atoms with Gasteiger partial charge in [0.05, 0.1) is 5.75 Å². The molecule has 4 aromatic rings. The Hall–Kier alpha value is -3.06. The predicted molar refractivity (Wildman–Crippen MR) is 115 cm³/mol. The van der Waals surface area contributed by atoms with Gasteiger partial charge in [0.25, 0.3) is 5.56 Å². The maximum Gasteiger partial charge on any atom is 0.297 e. The lowest BCUT2D eigenvalue weighted by Gasteiger charge is -2.10. The van der Waals surface area contributed by atoms with Crippen LogP contribution in [0, 0.1) is 0 Å². The first-order chi connectivity index (χ1) is 14.2. The van der Waals surface area contributed by atoms with Crippen molar-refractivity contribution in [1.82, 2.24) is 14.9 Å². The molecular formula is C22H21N3O3S. The number of benzene rings is 2. The molecule has 0 aliphatic carbocycles. The number of carbonyl (C=O) groups is 1. The number of rotatable bonds is 7. The Morgan fingerprint density at radius 1 is 1.14 bits per heavy atom. The standard InChI is InChI=1S/C22H21N3O3S/c1-2-12-25-21(27)20-19(16-10-6-7-11-17(16)28-20)24-22(25)29-14-18(26)23-13-15-8-4-3-5-9-15/h3-11H,2,12-14H2,1H3,(H,23,26). The minimum Gasteiger partial charge on any atom is -0.448 e. The maximum absolute atomic E-state index is 13.0. The largest absolute Gasteiger partial charge is 0.448 e. The van der Waals surface area contributed by atoms with Crippen molar-refractivity contribution in [2.45, 2.75) is 31.6 Å². The van der Waals surface area contributed by atoms with Crippen LogP contribution in [0.5, 0.6) is 0 Å². The molecule has 1 N–H and O–H groups in total. The monoisotopic (exact) mass is 407 g/mol. The summed E-state index contributed by atoms with van der Waals surface area (Å²) in [5.41, 5.74) is 2.28. The molecule has 7 heteroatoms. The molecule has 0 aliphatic heterocycles. The second-order valence-corrected chi connectivity index (χ2v) is 7.62. The molecule has 0 atom stereocenters. The molecule has 1 amide bonds. The van der Waals surface area contributed by atoms with Crippen molar-refractivity contribution in [2.75, 3.05) is 5.75 Å². The molecular weight excluding hydrogens is 386 g/mol. The number of thioether (sulfide) groups is 1. The zero-order valence-electron chi connectivity index (χ0n) is 16.1. The van der Waals surface area contributed by atoms with Gasteiger partial charge in [0.15, 0.2) is 5.16 Å². The molecule has 29 heavy (non-hydrogen) atoms. The average molecular weight is 407 g/mol. The molecule has 2 heterocycles. The number of hydrogen-bond acceptors (Lipinski definition) is 5. The summed E-state index contributed by atoms with van der Waals surface area (Å²) in [6.07, 6.45) is 0.779. The van der Waals surface area contributed by atoms with E-state index in [1.165, 1.54) is 11.8 Å². The van der Waals surface area contributed by atoms with Gasteiger partial charge in [-0.3, -0.25) is 14.2 Å². The molecule has 0 saturated carbocycles. The van der Waals surface area contributed by atoms with Crippen LogP contribution in [0.4, 0.5) is 0 Å². The van der Waals surface area contributed by atoms with Crippen LogP contribution in [-0.2, 0) is 17.9 Å². The van der Waals surface area contributed by atoms with Crippen LogP contribution in [0.25, 0.3) is 22.1 Å². The molecule has 4 rings (SSSR count). The van der Waals surface area contributed by atoms with E-state index in [0.29, 0.717) is 29.3 Å². The van der Waals surface area contributed by atoms with Gasteiger partial charge in [-0.2, -0.15) is 0 Å². The van der Waals surface area contributed by atoms with Gasteiger partial charge in [-0.1, -0.05) is 61.2 Å². The zero-order valence-corrected chi connectivity index (χ0v) is 16.9. The van der Waals surface area contributed by atoms with Crippen LogP contribution >= 0.6 is 11.8 Å². The molecule has 0 bridgehead atoms. The summed E-state index contributed by atoms with van der Waals surface area (Å²) < 4.78 is 7.35. The van der Waals surface area contributed by atoms with E-state index in [1.54, 1.807) is 4.57 Å². The Bertz CT molecular complexity index is 1210. The highest BCUT2D eigenvalue weighted by molar-refractivity contribution is 7.99. The summed E-state index contributed by atoms with van der Waals surface area (Å²) in [7, 11) is 0. The van der Waals surface area contributed by atoms with Gasteiger partial charge in [-0.25, -0.2) is 4.98 Å². The molecule has 0 radical (unpaired) electrons. The van der Waals surface area contributed by atoms with Crippen molar-refractivity contribution in [3.05, 3.63) is 70.5 Å². The number of fused-ring (bicyclic) bond motifs is 3. The molecule has 6 nitrogen and oxygen atoms in total. The zero-order chi connectivity index (χ0) is 20.2. The first kappa shape index (κ1) is 19.3. The van der Waals surface area contributed by atoms with E-state index in [-0.39, 0.29) is 22.8 Å². The number of nitrogens with one attached hydrogen (secondary N) is 1. The van der Waals surface area contributed by atoms with Crippen LogP contribution in [0.3, 0.4) is 0 Å². The molecule has 0 fully saturated rings. The SMILES string of the molecule is CCCn1c(SCC(=O)NCc2ccccc2)nc2c(oc3ccccc32)c1=O. The van der Waals surface area contributed by atoms with Crippen LogP contribution in [0.2, 0.25) is 0 Å². The van der Waals surface area contributed by atoms with Gasteiger partial charge in [0.1, 0.15) is 11.1 Å². The Morgan fingerprint density at radius 3 is 2.69 bits per heavy atom. The van der Waals surface area contributed by atoms with Gasteiger partial charge < -0.3 is 9.73 Å². The van der Waals surface area contributed by atoms with Crippen LogP contribution < -0.4 is 10.9 Å². The van der Waals surface area contributed by atoms with Crippen molar-refractivity contribution in [3.63, 3.8) is 0 Å². The third kappa shape index (κ3) is 4.05. The van der Waals surface area contributed by atoms with Crippen LogP contribution in [0.15, 0.2) is 69.0 Å². The fourth-order valence-electron chi connectivity index (χ4n) is 3.16. The van der Waals surface area contributed by atoms with Crippen molar-refractivity contribution < 1.29 is 9.21 Å². The first-order valence-electron chi connectivity index (χ1n) is 9.53. The Labute approximate surface area is 171 Å². The van der Waals surface area contributed by atoms with E-state index in [9.17, 15) is 9.59 Å². The molecule has 0 unspecified atom stereocenters. The normalized spacial score (nSPS) is 11.2. The summed E-state index contributed by atoms with van der Waals surface area (Å²) in [5.74, 6) is 0.0814. The van der Waals surface area contributed by atoms with Crippen LogP contribution in [-0.4, -0.2) is 21.2 Å². The molecule has 0 saturated heterocycles. The smallest absolute Gasteiger partial charge is 0.297 e. The van der Waals surface area contributed by atoms with Gasteiger partial charge in [0.2, 0.25) is 11.5 Å². The Balaban J connectivity index is 1.58. The lowest BCUT2D eigenvalue weighted by molar-refractivity contribution is -0.118. The quantitative estimate of drug-likeness (QED) is 0.371. The van der Waals surface area contributed by atoms with E-state index >= 15 is 0 Å². The van der Waals surface area contributed by atoms with Gasteiger partial charge in [-0.05, 0) is 24.1 Å². The highest BCUT2D eigenvalue weighted by atomic mass is 32.2. The molecule has 148 valence electrons. The highest BCUT2D eigenvalue weighted by Crippen LogP contribution is 2.27. The minimum absolute atomic E-state index is 0.103. The second kappa shape index (κ2) is 8.53. The highest BCUT2D eigenvalue weighted by Gasteiger charge is 2.18. The predicted octanol–water partition coefficient (Wildman–Crippen LogP) is 3.96.